The van der Waals surface area contributed by atoms with E-state index in [9.17, 15) is 18.0 Å². The van der Waals surface area contributed by atoms with Crippen LogP contribution in [0.3, 0.4) is 0 Å². The second-order valence-corrected chi connectivity index (χ2v) is 9.77. The van der Waals surface area contributed by atoms with Crippen molar-refractivity contribution in [3.63, 3.8) is 0 Å². The summed E-state index contributed by atoms with van der Waals surface area (Å²) in [4.78, 5) is 24.4. The number of hydrogen-bond donors (Lipinski definition) is 2. The molecule has 32 heavy (non-hydrogen) atoms. The van der Waals surface area contributed by atoms with Gasteiger partial charge in [-0.05, 0) is 81.1 Å². The number of ether oxygens (including phenoxy) is 1. The number of amides is 2. The maximum absolute atomic E-state index is 13.0. The molecule has 0 spiro atoms. The summed E-state index contributed by atoms with van der Waals surface area (Å²) in [6.45, 7) is 6.45. The number of carbonyl (C=O) groups excluding carboxylic acids is 2. The molecule has 172 valence electrons. The van der Waals surface area contributed by atoms with Gasteiger partial charge in [0.15, 0.2) is 0 Å². The van der Waals surface area contributed by atoms with Gasteiger partial charge in [0.05, 0.1) is 11.5 Å². The molecule has 0 bridgehead atoms. The average Bonchev–Trinajstić information content (AvgIpc) is 2.77. The van der Waals surface area contributed by atoms with E-state index in [2.05, 4.69) is 10.6 Å². The summed E-state index contributed by atoms with van der Waals surface area (Å²) in [6, 6.07) is 11.9. The molecule has 1 heterocycles. The molecule has 2 amide bonds. The van der Waals surface area contributed by atoms with E-state index >= 15 is 0 Å². The Kier molecular flexibility index (Phi) is 7.52. The predicted octanol–water partition coefficient (Wildman–Crippen LogP) is 3.91. The summed E-state index contributed by atoms with van der Waals surface area (Å²) in [5.41, 5.74) is 3.15. The van der Waals surface area contributed by atoms with E-state index in [1.54, 1.807) is 43.3 Å². The van der Waals surface area contributed by atoms with Crippen molar-refractivity contribution < 1.29 is 22.7 Å². The van der Waals surface area contributed by atoms with Gasteiger partial charge in [0.1, 0.15) is 0 Å². The lowest BCUT2D eigenvalue weighted by Gasteiger charge is -2.30. The lowest BCUT2D eigenvalue weighted by atomic mass is 9.97. The van der Waals surface area contributed by atoms with Crippen molar-refractivity contribution in [2.45, 2.75) is 38.5 Å². The largest absolute Gasteiger partial charge is 0.450 e. The molecule has 0 radical (unpaired) electrons. The Morgan fingerprint density at radius 3 is 2.12 bits per heavy atom. The number of nitrogens with zero attached hydrogens (tertiary/aromatic N) is 1. The molecule has 1 fully saturated rings. The Balaban J connectivity index is 1.55. The second-order valence-electron chi connectivity index (χ2n) is 7.84. The highest BCUT2D eigenvalue weighted by atomic mass is 32.2. The van der Waals surface area contributed by atoms with Crippen LogP contribution < -0.4 is 10.6 Å². The van der Waals surface area contributed by atoms with Crippen LogP contribution in [0.5, 0.6) is 0 Å². The zero-order valence-corrected chi connectivity index (χ0v) is 19.4. The van der Waals surface area contributed by atoms with Gasteiger partial charge in [-0.1, -0.05) is 6.07 Å². The Morgan fingerprint density at radius 2 is 1.56 bits per heavy atom. The minimum absolute atomic E-state index is 0.140. The normalized spacial score (nSPS) is 15.2. The van der Waals surface area contributed by atoms with Crippen LogP contribution >= 0.6 is 0 Å². The smallest absolute Gasteiger partial charge is 0.411 e. The Bertz CT molecular complexity index is 1080. The lowest BCUT2D eigenvalue weighted by Crippen LogP contribution is -2.41. The molecule has 0 aromatic heterocycles. The van der Waals surface area contributed by atoms with Gasteiger partial charge in [-0.15, -0.1) is 0 Å². The zero-order chi connectivity index (χ0) is 23.3. The summed E-state index contributed by atoms with van der Waals surface area (Å²) < 4.78 is 32.2. The summed E-state index contributed by atoms with van der Waals surface area (Å²) in [5.74, 6) is -0.405. The number of piperidine rings is 1. The Labute approximate surface area is 189 Å². The van der Waals surface area contributed by atoms with Crippen LogP contribution in [0.1, 0.15) is 30.9 Å². The molecular formula is C23H29N3O5S. The summed E-state index contributed by atoms with van der Waals surface area (Å²) >= 11 is 0. The van der Waals surface area contributed by atoms with Crippen LogP contribution in [0.2, 0.25) is 0 Å². The molecule has 1 saturated heterocycles. The summed E-state index contributed by atoms with van der Waals surface area (Å²) in [6.07, 6.45) is 0.378. The number of sulfonamides is 1. The highest BCUT2D eigenvalue weighted by Crippen LogP contribution is 2.26. The molecule has 0 saturated carbocycles. The van der Waals surface area contributed by atoms with E-state index in [0.717, 1.165) is 11.1 Å². The van der Waals surface area contributed by atoms with Gasteiger partial charge in [0.25, 0.3) is 0 Å². The molecule has 3 rings (SSSR count). The second kappa shape index (κ2) is 10.1. The maximum atomic E-state index is 13.0. The minimum Gasteiger partial charge on any atom is -0.450 e. The van der Waals surface area contributed by atoms with E-state index in [0.29, 0.717) is 42.2 Å². The molecule has 9 heteroatoms. The van der Waals surface area contributed by atoms with Crippen molar-refractivity contribution >= 4 is 33.4 Å². The first-order valence-electron chi connectivity index (χ1n) is 10.6. The van der Waals surface area contributed by atoms with E-state index in [-0.39, 0.29) is 18.4 Å². The van der Waals surface area contributed by atoms with Gasteiger partial charge in [-0.3, -0.25) is 10.1 Å². The number of aryl methyl sites for hydroxylation is 2. The molecule has 0 unspecified atom stereocenters. The Hall–Kier alpha value is -2.91. The summed E-state index contributed by atoms with van der Waals surface area (Å²) in [5, 5.41) is 5.45. The first-order chi connectivity index (χ1) is 15.2. The standard InChI is InChI=1S/C23H29N3O5S/c1-4-31-23(28)25-20-8-6-19(7-9-20)24-22(27)18-11-13-26(14-12-18)32(29,30)21-10-5-16(2)17(3)15-21/h5-10,15,18H,4,11-14H2,1-3H3,(H,24,27)(H,25,28). The zero-order valence-electron chi connectivity index (χ0n) is 18.6. The third-order valence-corrected chi connectivity index (χ3v) is 7.51. The van der Waals surface area contributed by atoms with Crippen LogP contribution in [0, 0.1) is 19.8 Å². The molecule has 0 atom stereocenters. The number of benzene rings is 2. The van der Waals surface area contributed by atoms with Crippen LogP contribution in [-0.4, -0.2) is 44.4 Å². The number of carbonyl (C=O) groups is 2. The highest BCUT2D eigenvalue weighted by Gasteiger charge is 2.32. The third-order valence-electron chi connectivity index (χ3n) is 5.62. The maximum Gasteiger partial charge on any atom is 0.411 e. The number of rotatable bonds is 6. The molecular weight excluding hydrogens is 430 g/mol. The van der Waals surface area contributed by atoms with Crippen molar-refractivity contribution in [1.82, 2.24) is 4.31 Å². The first kappa shape index (κ1) is 23.7. The van der Waals surface area contributed by atoms with E-state index < -0.39 is 16.1 Å². The first-order valence-corrected chi connectivity index (χ1v) is 12.1. The van der Waals surface area contributed by atoms with Gasteiger partial charge in [-0.2, -0.15) is 4.31 Å². The molecule has 0 aliphatic carbocycles. The van der Waals surface area contributed by atoms with E-state index in [4.69, 9.17) is 4.74 Å². The topological polar surface area (TPSA) is 105 Å². The fourth-order valence-corrected chi connectivity index (χ4v) is 5.10. The van der Waals surface area contributed by atoms with E-state index in [1.807, 2.05) is 19.9 Å². The van der Waals surface area contributed by atoms with Crippen molar-refractivity contribution in [2.75, 3.05) is 30.3 Å². The Morgan fingerprint density at radius 1 is 0.969 bits per heavy atom. The number of anilines is 2. The molecule has 1 aliphatic heterocycles. The molecule has 2 N–H and O–H groups in total. The lowest BCUT2D eigenvalue weighted by molar-refractivity contribution is -0.120. The van der Waals surface area contributed by atoms with Crippen LogP contribution in [0.4, 0.5) is 16.2 Å². The quantitative estimate of drug-likeness (QED) is 0.681. The minimum atomic E-state index is -3.57. The van der Waals surface area contributed by atoms with Gasteiger partial charge in [-0.25, -0.2) is 13.2 Å². The predicted molar refractivity (Wildman–Crippen MR) is 123 cm³/mol. The van der Waals surface area contributed by atoms with Crippen LogP contribution in [0.15, 0.2) is 47.4 Å². The molecule has 2 aromatic carbocycles. The van der Waals surface area contributed by atoms with Gasteiger partial charge in [0, 0.05) is 30.4 Å². The van der Waals surface area contributed by atoms with Gasteiger partial charge >= 0.3 is 6.09 Å². The van der Waals surface area contributed by atoms with Gasteiger partial charge < -0.3 is 10.1 Å². The van der Waals surface area contributed by atoms with Gasteiger partial charge in [0.2, 0.25) is 15.9 Å². The number of hydrogen-bond acceptors (Lipinski definition) is 5. The monoisotopic (exact) mass is 459 g/mol. The van der Waals surface area contributed by atoms with Crippen molar-refractivity contribution in [3.05, 3.63) is 53.6 Å². The average molecular weight is 460 g/mol. The SMILES string of the molecule is CCOC(=O)Nc1ccc(NC(=O)C2CCN(S(=O)(=O)c3ccc(C)c(C)c3)CC2)cc1. The fourth-order valence-electron chi connectivity index (χ4n) is 3.55. The third kappa shape index (κ3) is 5.66. The number of nitrogens with one attached hydrogen (secondary N) is 2. The molecule has 2 aromatic rings. The highest BCUT2D eigenvalue weighted by molar-refractivity contribution is 7.89. The van der Waals surface area contributed by atoms with Crippen molar-refractivity contribution in [2.24, 2.45) is 5.92 Å². The van der Waals surface area contributed by atoms with E-state index in [1.165, 1.54) is 4.31 Å². The molecule has 1 aliphatic rings. The molecule has 8 nitrogen and oxygen atoms in total. The van der Waals surface area contributed by atoms with Crippen molar-refractivity contribution in [3.8, 4) is 0 Å². The van der Waals surface area contributed by atoms with Crippen molar-refractivity contribution in [1.29, 1.82) is 0 Å². The van der Waals surface area contributed by atoms with Crippen LogP contribution in [-0.2, 0) is 19.6 Å². The van der Waals surface area contributed by atoms with Crippen LogP contribution in [0.25, 0.3) is 0 Å². The summed E-state index contributed by atoms with van der Waals surface area (Å²) in [7, 11) is -3.57. The fraction of sp³-hybridized carbons (Fsp3) is 0.391.